The average molecular weight is 375 g/mol. The van der Waals surface area contributed by atoms with Crippen LogP contribution < -0.4 is 15.4 Å². The van der Waals surface area contributed by atoms with Crippen molar-refractivity contribution < 1.29 is 9.53 Å². The van der Waals surface area contributed by atoms with Crippen LogP contribution in [0.5, 0.6) is 5.75 Å². The average Bonchev–Trinajstić information content (AvgIpc) is 2.86. The molecular weight excluding hydrogens is 363 g/mol. The summed E-state index contributed by atoms with van der Waals surface area (Å²) >= 11 is 16.8. The Hall–Kier alpha value is -1.97. The maximum Gasteiger partial charge on any atom is 0.269 e. The molecule has 1 amide bonds. The predicted molar refractivity (Wildman–Crippen MR) is 89.7 cm³/mol. The number of carbonyl (C=O) groups excluding carboxylic acids is 1. The number of amides is 1. The Bertz CT molecular complexity index is 738. The number of ether oxygens (including phenoxy) is 1. The first-order valence-corrected chi connectivity index (χ1v) is 7.49. The van der Waals surface area contributed by atoms with Crippen molar-refractivity contribution >= 4 is 52.4 Å². The highest BCUT2D eigenvalue weighted by Gasteiger charge is 2.18. The number of nitrogens with zero attached hydrogens (tertiary/aromatic N) is 4. The Kier molecular flexibility index (Phi) is 5.69. The number of hydrogen-bond acceptors (Lipinski definition) is 6. The van der Waals surface area contributed by atoms with E-state index in [-0.39, 0.29) is 11.1 Å². The number of hydrogen-bond donors (Lipinski definition) is 2. The van der Waals surface area contributed by atoms with Crippen molar-refractivity contribution in [3.63, 3.8) is 0 Å². The lowest BCUT2D eigenvalue weighted by Crippen LogP contribution is -2.42. The molecule has 122 valence electrons. The van der Waals surface area contributed by atoms with Gasteiger partial charge < -0.3 is 4.74 Å². The van der Waals surface area contributed by atoms with Gasteiger partial charge in [0.15, 0.2) is 11.2 Å². The van der Waals surface area contributed by atoms with E-state index in [1.807, 2.05) is 0 Å². The number of benzene rings is 1. The van der Waals surface area contributed by atoms with E-state index in [0.29, 0.717) is 15.8 Å². The number of tetrazole rings is 1. The Morgan fingerprint density at radius 1 is 1.43 bits per heavy atom. The molecule has 0 aliphatic rings. The quantitative estimate of drug-likeness (QED) is 0.787. The SMILES string of the molecule is CC(Oc1ccc(Cl)cc1Cl)C(=O)NC(=S)Nc1nnn(C)n1. The van der Waals surface area contributed by atoms with Gasteiger partial charge in [-0.15, -0.1) is 5.10 Å². The minimum atomic E-state index is -0.830. The summed E-state index contributed by atoms with van der Waals surface area (Å²) in [6, 6.07) is 4.71. The van der Waals surface area contributed by atoms with Crippen molar-refractivity contribution in [3.05, 3.63) is 28.2 Å². The first-order chi connectivity index (χ1) is 10.8. The van der Waals surface area contributed by atoms with E-state index >= 15 is 0 Å². The standard InChI is InChI=1S/C12H12Cl2N6O2S/c1-6(22-9-4-3-7(13)5-8(9)14)10(21)15-12(23)16-11-17-19-20(2)18-11/h3-6H,1-2H3,(H2,15,16,18,21,23). The van der Waals surface area contributed by atoms with Crippen molar-refractivity contribution in [3.8, 4) is 5.75 Å². The monoisotopic (exact) mass is 374 g/mol. The maximum absolute atomic E-state index is 12.0. The summed E-state index contributed by atoms with van der Waals surface area (Å²) in [4.78, 5) is 13.3. The first-order valence-electron chi connectivity index (χ1n) is 6.32. The summed E-state index contributed by atoms with van der Waals surface area (Å²) in [6.45, 7) is 1.56. The lowest BCUT2D eigenvalue weighted by molar-refractivity contribution is -0.125. The van der Waals surface area contributed by atoms with Crippen LogP contribution in [-0.2, 0) is 11.8 Å². The number of aromatic nitrogens is 4. The second-order valence-corrected chi connectivity index (χ2v) is 5.63. The normalized spacial score (nSPS) is 11.7. The minimum Gasteiger partial charge on any atom is -0.479 e. The fourth-order valence-electron chi connectivity index (χ4n) is 1.50. The van der Waals surface area contributed by atoms with Gasteiger partial charge in [0.2, 0.25) is 0 Å². The first kappa shape index (κ1) is 17.4. The largest absolute Gasteiger partial charge is 0.479 e. The smallest absolute Gasteiger partial charge is 0.269 e. The van der Waals surface area contributed by atoms with Crippen LogP contribution in [0.25, 0.3) is 0 Å². The lowest BCUT2D eigenvalue weighted by Gasteiger charge is -2.16. The predicted octanol–water partition coefficient (Wildman–Crippen LogP) is 1.80. The molecule has 0 spiro atoms. The highest BCUT2D eigenvalue weighted by Crippen LogP contribution is 2.28. The molecule has 0 saturated carbocycles. The Morgan fingerprint density at radius 2 is 2.17 bits per heavy atom. The molecular formula is C12H12Cl2N6O2S. The molecule has 0 saturated heterocycles. The van der Waals surface area contributed by atoms with E-state index in [0.717, 1.165) is 0 Å². The van der Waals surface area contributed by atoms with Crippen molar-refractivity contribution in [2.75, 3.05) is 5.32 Å². The van der Waals surface area contributed by atoms with Crippen LogP contribution >= 0.6 is 35.4 Å². The van der Waals surface area contributed by atoms with Gasteiger partial charge in [-0.05, 0) is 42.6 Å². The number of anilines is 1. The van der Waals surface area contributed by atoms with Gasteiger partial charge in [0.25, 0.3) is 11.9 Å². The fraction of sp³-hybridized carbons (Fsp3) is 0.250. The van der Waals surface area contributed by atoms with Gasteiger partial charge in [0.1, 0.15) is 5.75 Å². The number of nitrogens with one attached hydrogen (secondary N) is 2. The third kappa shape index (κ3) is 5.02. The summed E-state index contributed by atoms with van der Waals surface area (Å²) in [5, 5.41) is 17.1. The van der Waals surface area contributed by atoms with Gasteiger partial charge in [-0.3, -0.25) is 15.4 Å². The zero-order valence-electron chi connectivity index (χ0n) is 12.1. The Balaban J connectivity index is 1.90. The van der Waals surface area contributed by atoms with Gasteiger partial charge >= 0.3 is 0 Å². The van der Waals surface area contributed by atoms with E-state index in [2.05, 4.69) is 26.0 Å². The number of thiocarbonyl (C=S) groups is 1. The van der Waals surface area contributed by atoms with Gasteiger partial charge in [0, 0.05) is 5.02 Å². The van der Waals surface area contributed by atoms with Crippen LogP contribution in [0.15, 0.2) is 18.2 Å². The van der Waals surface area contributed by atoms with Crippen molar-refractivity contribution in [1.82, 2.24) is 25.5 Å². The van der Waals surface area contributed by atoms with E-state index in [1.54, 1.807) is 26.1 Å². The molecule has 11 heteroatoms. The van der Waals surface area contributed by atoms with Crippen LogP contribution in [0.1, 0.15) is 6.92 Å². The van der Waals surface area contributed by atoms with Crippen LogP contribution in [0.3, 0.4) is 0 Å². The summed E-state index contributed by atoms with van der Waals surface area (Å²) in [5.74, 6) is 0.0534. The van der Waals surface area contributed by atoms with Crippen molar-refractivity contribution in [2.24, 2.45) is 7.05 Å². The van der Waals surface area contributed by atoms with E-state index < -0.39 is 12.0 Å². The van der Waals surface area contributed by atoms with Crippen molar-refractivity contribution in [2.45, 2.75) is 13.0 Å². The molecule has 0 fully saturated rings. The van der Waals surface area contributed by atoms with Crippen LogP contribution in [0.4, 0.5) is 5.95 Å². The van der Waals surface area contributed by atoms with Gasteiger partial charge in [-0.2, -0.15) is 4.80 Å². The molecule has 0 aliphatic heterocycles. The van der Waals surface area contributed by atoms with Crippen molar-refractivity contribution in [1.29, 1.82) is 0 Å². The molecule has 2 N–H and O–H groups in total. The molecule has 1 unspecified atom stereocenters. The highest BCUT2D eigenvalue weighted by molar-refractivity contribution is 7.80. The zero-order valence-corrected chi connectivity index (χ0v) is 14.4. The number of aryl methyl sites for hydroxylation is 1. The molecule has 0 bridgehead atoms. The second kappa shape index (κ2) is 7.53. The molecule has 2 aromatic rings. The van der Waals surface area contributed by atoms with Gasteiger partial charge in [-0.1, -0.05) is 28.3 Å². The maximum atomic E-state index is 12.0. The van der Waals surface area contributed by atoms with Gasteiger partial charge in [0.05, 0.1) is 12.1 Å². The van der Waals surface area contributed by atoms with E-state index in [4.69, 9.17) is 40.2 Å². The molecule has 23 heavy (non-hydrogen) atoms. The second-order valence-electron chi connectivity index (χ2n) is 4.38. The number of carbonyl (C=O) groups is 1. The zero-order chi connectivity index (χ0) is 17.0. The Labute approximate surface area is 147 Å². The van der Waals surface area contributed by atoms with Gasteiger partial charge in [-0.25, -0.2) is 0 Å². The molecule has 1 heterocycles. The molecule has 0 aliphatic carbocycles. The Morgan fingerprint density at radius 3 is 2.78 bits per heavy atom. The fourth-order valence-corrected chi connectivity index (χ4v) is 2.14. The summed E-state index contributed by atoms with van der Waals surface area (Å²) in [6.07, 6.45) is -0.830. The highest BCUT2D eigenvalue weighted by atomic mass is 35.5. The summed E-state index contributed by atoms with van der Waals surface area (Å²) in [7, 11) is 1.60. The third-order valence-electron chi connectivity index (χ3n) is 2.54. The molecule has 1 aromatic carbocycles. The van der Waals surface area contributed by atoms with E-state index in [9.17, 15) is 4.79 Å². The molecule has 0 radical (unpaired) electrons. The van der Waals surface area contributed by atoms with Crippen LogP contribution in [0, 0.1) is 0 Å². The molecule has 2 rings (SSSR count). The minimum absolute atomic E-state index is 0.0284. The third-order valence-corrected chi connectivity index (χ3v) is 3.27. The number of rotatable bonds is 4. The van der Waals surface area contributed by atoms with Crippen LogP contribution in [0.2, 0.25) is 10.0 Å². The van der Waals surface area contributed by atoms with Crippen LogP contribution in [-0.4, -0.2) is 37.3 Å². The summed E-state index contributed by atoms with van der Waals surface area (Å²) < 4.78 is 5.48. The topological polar surface area (TPSA) is 94.0 Å². The van der Waals surface area contributed by atoms with E-state index in [1.165, 1.54) is 10.9 Å². The molecule has 1 aromatic heterocycles. The lowest BCUT2D eigenvalue weighted by atomic mass is 10.3. The number of halogens is 2. The molecule has 8 nitrogen and oxygen atoms in total. The summed E-state index contributed by atoms with van der Waals surface area (Å²) in [5.41, 5.74) is 0. The molecule has 1 atom stereocenters.